The second kappa shape index (κ2) is 5.73. The molecule has 5 heteroatoms. The maximum atomic E-state index is 11.9. The number of Topliss-reactive ketones (excluding diaryl/α,β-unsaturated/α-hetero) is 1. The van der Waals surface area contributed by atoms with Gasteiger partial charge < -0.3 is 10.6 Å². The van der Waals surface area contributed by atoms with Gasteiger partial charge in [0.1, 0.15) is 5.78 Å². The molecular formula is C13H17N3O2. The van der Waals surface area contributed by atoms with Gasteiger partial charge in [-0.05, 0) is 25.5 Å². The van der Waals surface area contributed by atoms with Gasteiger partial charge in [-0.25, -0.2) is 0 Å². The Balaban J connectivity index is 1.81. The highest BCUT2D eigenvalue weighted by atomic mass is 16.2. The van der Waals surface area contributed by atoms with E-state index in [1.807, 2.05) is 18.2 Å². The lowest BCUT2D eigenvalue weighted by molar-refractivity contribution is -0.123. The first-order chi connectivity index (χ1) is 8.66. The molecule has 1 aromatic rings. The van der Waals surface area contributed by atoms with Crippen LogP contribution in [-0.4, -0.2) is 29.3 Å². The van der Waals surface area contributed by atoms with Crippen LogP contribution in [-0.2, 0) is 16.1 Å². The van der Waals surface area contributed by atoms with E-state index in [0.29, 0.717) is 19.5 Å². The van der Waals surface area contributed by atoms with Gasteiger partial charge in [-0.1, -0.05) is 6.07 Å². The first kappa shape index (κ1) is 12.7. The number of carbonyl (C=O) groups excluding carboxylic acids is 2. The third-order valence-electron chi connectivity index (χ3n) is 3.19. The fourth-order valence-corrected chi connectivity index (χ4v) is 2.05. The highest BCUT2D eigenvalue weighted by Crippen LogP contribution is 2.14. The van der Waals surface area contributed by atoms with E-state index in [0.717, 1.165) is 5.69 Å². The largest absolute Gasteiger partial charge is 0.349 e. The predicted octanol–water partition coefficient (Wildman–Crippen LogP) is 0.265. The number of hydrogen-bond acceptors (Lipinski definition) is 4. The van der Waals surface area contributed by atoms with Crippen molar-refractivity contribution in [1.29, 1.82) is 0 Å². The molecule has 2 unspecified atom stereocenters. The number of hydrogen-bond donors (Lipinski definition) is 2. The lowest BCUT2D eigenvalue weighted by Gasteiger charge is -2.10. The van der Waals surface area contributed by atoms with Crippen LogP contribution in [0.25, 0.3) is 0 Å². The summed E-state index contributed by atoms with van der Waals surface area (Å²) in [6, 6.07) is 5.32. The second-order valence-electron chi connectivity index (χ2n) is 4.54. The molecule has 0 bridgehead atoms. The highest BCUT2D eigenvalue weighted by molar-refractivity contribution is 5.85. The molecule has 18 heavy (non-hydrogen) atoms. The van der Waals surface area contributed by atoms with Crippen LogP contribution in [0.3, 0.4) is 0 Å². The highest BCUT2D eigenvalue weighted by Gasteiger charge is 2.31. The summed E-state index contributed by atoms with van der Waals surface area (Å²) < 4.78 is 0. The van der Waals surface area contributed by atoms with Crippen LogP contribution in [0.5, 0.6) is 0 Å². The van der Waals surface area contributed by atoms with Gasteiger partial charge in [0, 0.05) is 18.7 Å². The molecule has 5 nitrogen and oxygen atoms in total. The zero-order valence-corrected chi connectivity index (χ0v) is 10.3. The first-order valence-corrected chi connectivity index (χ1v) is 6.08. The number of aromatic nitrogens is 1. The maximum absolute atomic E-state index is 11.9. The average Bonchev–Trinajstić information content (AvgIpc) is 2.87. The molecule has 2 rings (SSSR count). The van der Waals surface area contributed by atoms with Crippen molar-refractivity contribution in [1.82, 2.24) is 15.6 Å². The van der Waals surface area contributed by atoms with Gasteiger partial charge in [-0.3, -0.25) is 14.6 Å². The molecule has 1 aromatic heterocycles. The Kier molecular flexibility index (Phi) is 4.04. The van der Waals surface area contributed by atoms with Crippen molar-refractivity contribution in [2.75, 3.05) is 6.54 Å². The molecule has 1 amide bonds. The predicted molar refractivity (Wildman–Crippen MR) is 66.7 cm³/mol. The van der Waals surface area contributed by atoms with E-state index < -0.39 is 0 Å². The first-order valence-electron chi connectivity index (χ1n) is 6.08. The summed E-state index contributed by atoms with van der Waals surface area (Å²) in [4.78, 5) is 27.2. The summed E-state index contributed by atoms with van der Waals surface area (Å²) in [5, 5.41) is 5.90. The van der Waals surface area contributed by atoms with Crippen LogP contribution < -0.4 is 10.6 Å². The second-order valence-corrected chi connectivity index (χ2v) is 4.54. The summed E-state index contributed by atoms with van der Waals surface area (Å²) in [6.45, 7) is 2.58. The number of amides is 1. The van der Waals surface area contributed by atoms with Crippen molar-refractivity contribution in [2.24, 2.45) is 5.92 Å². The fraction of sp³-hybridized carbons (Fsp3) is 0.462. The van der Waals surface area contributed by atoms with Gasteiger partial charge in [0.25, 0.3) is 0 Å². The molecule has 2 heterocycles. The molecule has 2 atom stereocenters. The molecule has 0 aromatic carbocycles. The molecule has 0 saturated carbocycles. The minimum absolute atomic E-state index is 0.0319. The molecule has 1 saturated heterocycles. The maximum Gasteiger partial charge on any atom is 0.237 e. The van der Waals surface area contributed by atoms with E-state index in [1.54, 1.807) is 13.1 Å². The van der Waals surface area contributed by atoms with Crippen LogP contribution >= 0.6 is 0 Å². The van der Waals surface area contributed by atoms with Gasteiger partial charge in [0.2, 0.25) is 5.91 Å². The molecule has 1 aliphatic rings. The van der Waals surface area contributed by atoms with Crippen LogP contribution in [0.15, 0.2) is 24.4 Å². The Hall–Kier alpha value is -1.75. The van der Waals surface area contributed by atoms with Gasteiger partial charge in [0.15, 0.2) is 0 Å². The Morgan fingerprint density at radius 2 is 2.33 bits per heavy atom. The van der Waals surface area contributed by atoms with Gasteiger partial charge in [-0.15, -0.1) is 0 Å². The van der Waals surface area contributed by atoms with E-state index in [2.05, 4.69) is 15.6 Å². The van der Waals surface area contributed by atoms with Gasteiger partial charge >= 0.3 is 0 Å². The van der Waals surface area contributed by atoms with E-state index in [1.165, 1.54) is 0 Å². The minimum Gasteiger partial charge on any atom is -0.349 e. The van der Waals surface area contributed by atoms with Crippen molar-refractivity contribution in [3.63, 3.8) is 0 Å². The van der Waals surface area contributed by atoms with Crippen molar-refractivity contribution < 1.29 is 9.59 Å². The summed E-state index contributed by atoms with van der Waals surface area (Å²) >= 11 is 0. The van der Waals surface area contributed by atoms with Crippen molar-refractivity contribution in [2.45, 2.75) is 25.9 Å². The van der Waals surface area contributed by atoms with Crippen molar-refractivity contribution in [3.05, 3.63) is 30.1 Å². The number of rotatable bonds is 4. The Bertz CT molecular complexity index is 433. The van der Waals surface area contributed by atoms with Gasteiger partial charge in [0.05, 0.1) is 18.3 Å². The molecule has 0 aliphatic carbocycles. The van der Waals surface area contributed by atoms with Gasteiger partial charge in [-0.2, -0.15) is 0 Å². The number of ketones is 1. The zero-order valence-electron chi connectivity index (χ0n) is 10.3. The third-order valence-corrected chi connectivity index (χ3v) is 3.19. The van der Waals surface area contributed by atoms with Crippen LogP contribution in [0.4, 0.5) is 0 Å². The van der Waals surface area contributed by atoms with Crippen LogP contribution in [0.1, 0.15) is 19.0 Å². The summed E-state index contributed by atoms with van der Waals surface area (Å²) in [5.41, 5.74) is 0.826. The standard InChI is InChI=1S/C13H17N3O2/c1-9(17)10-6-12(15-7-10)13(18)16-8-11-4-2-3-5-14-11/h2-5,10,12,15H,6-8H2,1H3,(H,16,18). The van der Waals surface area contributed by atoms with Crippen LogP contribution in [0.2, 0.25) is 0 Å². The lowest BCUT2D eigenvalue weighted by atomic mass is 10.0. The SMILES string of the molecule is CC(=O)C1CNC(C(=O)NCc2ccccn2)C1. The molecule has 1 fully saturated rings. The quantitative estimate of drug-likeness (QED) is 0.801. The van der Waals surface area contributed by atoms with E-state index in [9.17, 15) is 9.59 Å². The van der Waals surface area contributed by atoms with Crippen LogP contribution in [0, 0.1) is 5.92 Å². The summed E-state index contributed by atoms with van der Waals surface area (Å²) in [7, 11) is 0. The van der Waals surface area contributed by atoms with Crippen molar-refractivity contribution >= 4 is 11.7 Å². The molecule has 1 aliphatic heterocycles. The Labute approximate surface area is 106 Å². The monoisotopic (exact) mass is 247 g/mol. The number of carbonyl (C=O) groups is 2. The summed E-state index contributed by atoms with van der Waals surface area (Å²) in [6.07, 6.45) is 2.28. The number of nitrogens with one attached hydrogen (secondary N) is 2. The fourth-order valence-electron chi connectivity index (χ4n) is 2.05. The minimum atomic E-state index is -0.261. The van der Waals surface area contributed by atoms with Crippen molar-refractivity contribution in [3.8, 4) is 0 Å². The molecule has 0 radical (unpaired) electrons. The summed E-state index contributed by atoms with van der Waals surface area (Å²) in [5.74, 6) is 0.0440. The average molecular weight is 247 g/mol. The molecular weight excluding hydrogens is 230 g/mol. The molecule has 0 spiro atoms. The van der Waals surface area contributed by atoms with E-state index >= 15 is 0 Å². The zero-order chi connectivity index (χ0) is 13.0. The normalized spacial score (nSPS) is 22.7. The third kappa shape index (κ3) is 3.13. The molecule has 2 N–H and O–H groups in total. The van der Waals surface area contributed by atoms with E-state index in [4.69, 9.17) is 0 Å². The Morgan fingerprint density at radius 1 is 1.50 bits per heavy atom. The van der Waals surface area contributed by atoms with E-state index in [-0.39, 0.29) is 23.7 Å². The topological polar surface area (TPSA) is 71.1 Å². The number of pyridine rings is 1. The number of nitrogens with zero attached hydrogens (tertiary/aromatic N) is 1. The smallest absolute Gasteiger partial charge is 0.237 e. The lowest BCUT2D eigenvalue weighted by Crippen LogP contribution is -2.40. The Morgan fingerprint density at radius 3 is 2.94 bits per heavy atom. The molecule has 96 valence electrons.